The number of allylic oxidation sites excluding steroid dienone is 1. The Labute approximate surface area is 138 Å². The molecule has 0 bridgehead atoms. The third kappa shape index (κ3) is 2.94. The zero-order chi connectivity index (χ0) is 16.4. The number of nitrogens with zero attached hydrogens (tertiary/aromatic N) is 1. The first kappa shape index (κ1) is 15.5. The van der Waals surface area contributed by atoms with Crippen molar-refractivity contribution >= 4 is 17.5 Å². The van der Waals surface area contributed by atoms with Crippen LogP contribution in [0.5, 0.6) is 0 Å². The van der Waals surface area contributed by atoms with E-state index in [1.807, 2.05) is 24.3 Å². The summed E-state index contributed by atoms with van der Waals surface area (Å²) in [6, 6.07) is 14.4. The summed E-state index contributed by atoms with van der Waals surface area (Å²) in [5, 5.41) is 0. The van der Waals surface area contributed by atoms with Gasteiger partial charge in [0.05, 0.1) is 0 Å². The van der Waals surface area contributed by atoms with Gasteiger partial charge in [-0.15, -0.1) is 0 Å². The Morgan fingerprint density at radius 3 is 2.48 bits per heavy atom. The molecule has 0 saturated heterocycles. The minimum absolute atomic E-state index is 0.174. The summed E-state index contributed by atoms with van der Waals surface area (Å²) >= 11 is 0. The van der Waals surface area contributed by atoms with E-state index in [-0.39, 0.29) is 5.78 Å². The lowest BCUT2D eigenvalue weighted by Gasteiger charge is -2.21. The first-order chi connectivity index (χ1) is 11.1. The fourth-order valence-corrected chi connectivity index (χ4v) is 3.27. The lowest BCUT2D eigenvalue weighted by Crippen LogP contribution is -2.21. The van der Waals surface area contributed by atoms with E-state index in [1.165, 1.54) is 11.3 Å². The number of hydrogen-bond donors (Lipinski definition) is 0. The van der Waals surface area contributed by atoms with Gasteiger partial charge in [-0.05, 0) is 55.7 Å². The van der Waals surface area contributed by atoms with E-state index in [0.29, 0.717) is 0 Å². The zero-order valence-corrected chi connectivity index (χ0v) is 14.1. The lowest BCUT2D eigenvalue weighted by atomic mass is 10.0. The number of rotatable bonds is 4. The normalized spacial score (nSPS) is 15.1. The van der Waals surface area contributed by atoms with Crippen molar-refractivity contribution in [2.45, 2.75) is 27.2 Å². The molecule has 0 radical (unpaired) electrons. The predicted octanol–water partition coefficient (Wildman–Crippen LogP) is 4.66. The maximum absolute atomic E-state index is 12.5. The Morgan fingerprint density at radius 2 is 1.83 bits per heavy atom. The number of carbonyl (C=O) groups is 1. The van der Waals surface area contributed by atoms with Crippen molar-refractivity contribution in [2.24, 2.45) is 0 Å². The summed E-state index contributed by atoms with van der Waals surface area (Å²) in [5.74, 6) is 0.174. The molecule has 2 aromatic carbocycles. The van der Waals surface area contributed by atoms with Gasteiger partial charge in [0.2, 0.25) is 0 Å². The van der Waals surface area contributed by atoms with Gasteiger partial charge in [-0.2, -0.15) is 0 Å². The van der Waals surface area contributed by atoms with Crippen molar-refractivity contribution in [3.63, 3.8) is 0 Å². The molecule has 1 aliphatic carbocycles. The van der Waals surface area contributed by atoms with Crippen LogP contribution in [-0.2, 0) is 6.42 Å². The van der Waals surface area contributed by atoms with E-state index in [2.05, 4.69) is 49.9 Å². The SMILES string of the molecule is CCN(CC)c1ccc(/C=C2/Cc3ccccc3C2=O)c(C)c1. The zero-order valence-electron chi connectivity index (χ0n) is 14.1. The van der Waals surface area contributed by atoms with E-state index in [9.17, 15) is 4.79 Å². The third-order valence-corrected chi connectivity index (χ3v) is 4.65. The van der Waals surface area contributed by atoms with Crippen molar-refractivity contribution in [1.29, 1.82) is 0 Å². The van der Waals surface area contributed by atoms with Crippen molar-refractivity contribution in [1.82, 2.24) is 0 Å². The summed E-state index contributed by atoms with van der Waals surface area (Å²) in [6.45, 7) is 8.46. The highest BCUT2D eigenvalue weighted by Gasteiger charge is 2.24. The Balaban J connectivity index is 1.91. The molecule has 2 aromatic rings. The molecule has 0 heterocycles. The number of ketones is 1. The second-order valence-electron chi connectivity index (χ2n) is 6.05. The molecule has 0 atom stereocenters. The van der Waals surface area contributed by atoms with Crippen molar-refractivity contribution in [3.8, 4) is 0 Å². The molecule has 0 aromatic heterocycles. The molecule has 118 valence electrons. The highest BCUT2D eigenvalue weighted by atomic mass is 16.1. The van der Waals surface area contributed by atoms with Gasteiger partial charge in [-0.3, -0.25) is 4.79 Å². The number of hydrogen-bond acceptors (Lipinski definition) is 2. The number of anilines is 1. The molecule has 0 unspecified atom stereocenters. The van der Waals surface area contributed by atoms with Crippen LogP contribution in [0.25, 0.3) is 6.08 Å². The standard InChI is InChI=1S/C21H23NO/c1-4-22(5-2)19-11-10-16(15(3)12-19)13-18-14-17-8-6-7-9-20(17)21(18)23/h6-13H,4-5,14H2,1-3H3/b18-13-. The van der Waals surface area contributed by atoms with Crippen LogP contribution in [0, 0.1) is 6.92 Å². The van der Waals surface area contributed by atoms with Gasteiger partial charge < -0.3 is 4.90 Å². The summed E-state index contributed by atoms with van der Waals surface area (Å²) in [7, 11) is 0. The smallest absolute Gasteiger partial charge is 0.189 e. The van der Waals surface area contributed by atoms with Crippen LogP contribution in [0.3, 0.4) is 0 Å². The minimum Gasteiger partial charge on any atom is -0.372 e. The van der Waals surface area contributed by atoms with E-state index in [4.69, 9.17) is 0 Å². The highest BCUT2D eigenvalue weighted by molar-refractivity contribution is 6.15. The van der Waals surface area contributed by atoms with Gasteiger partial charge in [-0.1, -0.05) is 30.3 Å². The molecule has 0 spiro atoms. The van der Waals surface area contributed by atoms with E-state index in [1.54, 1.807) is 0 Å². The Kier molecular flexibility index (Phi) is 4.33. The second kappa shape index (κ2) is 6.41. The molecule has 0 aliphatic heterocycles. The Bertz CT molecular complexity index is 769. The van der Waals surface area contributed by atoms with Crippen LogP contribution in [0.15, 0.2) is 48.0 Å². The quantitative estimate of drug-likeness (QED) is 0.765. The first-order valence-corrected chi connectivity index (χ1v) is 8.32. The van der Waals surface area contributed by atoms with E-state index < -0.39 is 0 Å². The Hall–Kier alpha value is -2.35. The van der Waals surface area contributed by atoms with Gasteiger partial charge in [0.1, 0.15) is 0 Å². The summed E-state index contributed by atoms with van der Waals surface area (Å²) in [4.78, 5) is 14.8. The number of aryl methyl sites for hydroxylation is 1. The molecule has 23 heavy (non-hydrogen) atoms. The second-order valence-corrected chi connectivity index (χ2v) is 6.05. The topological polar surface area (TPSA) is 20.3 Å². The van der Waals surface area contributed by atoms with Crippen LogP contribution in [0.2, 0.25) is 0 Å². The molecule has 0 amide bonds. The van der Waals surface area contributed by atoms with Crippen molar-refractivity contribution < 1.29 is 4.79 Å². The average molecular weight is 305 g/mol. The van der Waals surface area contributed by atoms with E-state index >= 15 is 0 Å². The number of benzene rings is 2. The molecule has 0 fully saturated rings. The monoisotopic (exact) mass is 305 g/mol. The fraction of sp³-hybridized carbons (Fsp3) is 0.286. The molecule has 2 heteroatoms. The van der Waals surface area contributed by atoms with Crippen LogP contribution >= 0.6 is 0 Å². The maximum atomic E-state index is 12.5. The van der Waals surface area contributed by atoms with Crippen molar-refractivity contribution in [2.75, 3.05) is 18.0 Å². The fourth-order valence-electron chi connectivity index (χ4n) is 3.27. The first-order valence-electron chi connectivity index (χ1n) is 8.32. The van der Waals surface area contributed by atoms with Crippen LogP contribution < -0.4 is 4.90 Å². The molecular weight excluding hydrogens is 282 g/mol. The highest BCUT2D eigenvalue weighted by Crippen LogP contribution is 2.29. The maximum Gasteiger partial charge on any atom is 0.189 e. The third-order valence-electron chi connectivity index (χ3n) is 4.65. The molecule has 2 nitrogen and oxygen atoms in total. The van der Waals surface area contributed by atoms with Gasteiger partial charge >= 0.3 is 0 Å². The van der Waals surface area contributed by atoms with Crippen LogP contribution in [0.4, 0.5) is 5.69 Å². The summed E-state index contributed by atoms with van der Waals surface area (Å²) in [6.07, 6.45) is 2.80. The lowest BCUT2D eigenvalue weighted by molar-refractivity contribution is 0.104. The van der Waals surface area contributed by atoms with Gasteiger partial charge in [-0.25, -0.2) is 0 Å². The number of fused-ring (bicyclic) bond motifs is 1. The summed E-state index contributed by atoms with van der Waals surface area (Å²) in [5.41, 5.74) is 6.49. The van der Waals surface area contributed by atoms with E-state index in [0.717, 1.165) is 41.8 Å². The molecular formula is C21H23NO. The summed E-state index contributed by atoms with van der Waals surface area (Å²) < 4.78 is 0. The minimum atomic E-state index is 0.174. The van der Waals surface area contributed by atoms with Gasteiger partial charge in [0.15, 0.2) is 5.78 Å². The van der Waals surface area contributed by atoms with Crippen molar-refractivity contribution in [3.05, 3.63) is 70.3 Å². The van der Waals surface area contributed by atoms with Crippen LogP contribution in [-0.4, -0.2) is 18.9 Å². The van der Waals surface area contributed by atoms with Gasteiger partial charge in [0, 0.05) is 36.3 Å². The number of carbonyl (C=O) groups excluding carboxylic acids is 1. The molecule has 3 rings (SSSR count). The van der Waals surface area contributed by atoms with Gasteiger partial charge in [0.25, 0.3) is 0 Å². The predicted molar refractivity (Wildman–Crippen MR) is 97.2 cm³/mol. The number of Topliss-reactive ketones (excluding diaryl/α,β-unsaturated/α-hetero) is 1. The molecule has 1 aliphatic rings. The Morgan fingerprint density at radius 1 is 1.09 bits per heavy atom. The largest absolute Gasteiger partial charge is 0.372 e. The molecule has 0 saturated carbocycles. The average Bonchev–Trinajstić information content (AvgIpc) is 2.88. The molecule has 0 N–H and O–H groups in total. The van der Waals surface area contributed by atoms with Crippen LogP contribution in [0.1, 0.15) is 40.9 Å².